The van der Waals surface area contributed by atoms with Crippen molar-refractivity contribution < 1.29 is 19.1 Å². The molecule has 0 aliphatic carbocycles. The normalized spacial score (nSPS) is 27.8. The molecule has 1 aromatic carbocycles. The van der Waals surface area contributed by atoms with Crippen LogP contribution in [0.15, 0.2) is 18.2 Å². The minimum atomic E-state index is -0.470. The van der Waals surface area contributed by atoms with Crippen LogP contribution in [-0.4, -0.2) is 79.0 Å². The highest BCUT2D eigenvalue weighted by molar-refractivity contribution is 5.87. The number of fused-ring (bicyclic) bond motifs is 2. The molecule has 5 rings (SSSR count). The molecule has 2 amide bonds. The number of amides is 2. The summed E-state index contributed by atoms with van der Waals surface area (Å²) >= 11 is 0. The third kappa shape index (κ3) is 3.67. The van der Waals surface area contributed by atoms with Crippen LogP contribution in [0.2, 0.25) is 0 Å². The van der Waals surface area contributed by atoms with E-state index in [0.717, 1.165) is 50.5 Å². The molecular formula is C24H33N3O4. The molecule has 4 aliphatic rings. The molecule has 31 heavy (non-hydrogen) atoms. The number of hydrogen-bond donors (Lipinski definition) is 0. The van der Waals surface area contributed by atoms with Gasteiger partial charge in [-0.1, -0.05) is 19.9 Å². The van der Waals surface area contributed by atoms with Crippen LogP contribution in [0.1, 0.15) is 32.3 Å². The molecule has 3 saturated heterocycles. The van der Waals surface area contributed by atoms with Crippen LogP contribution in [0.5, 0.6) is 11.5 Å². The van der Waals surface area contributed by atoms with Gasteiger partial charge in [0.05, 0.1) is 5.41 Å². The van der Waals surface area contributed by atoms with E-state index in [0.29, 0.717) is 32.8 Å². The van der Waals surface area contributed by atoms with E-state index in [1.54, 1.807) is 0 Å². The highest BCUT2D eigenvalue weighted by Gasteiger charge is 2.59. The number of benzene rings is 1. The van der Waals surface area contributed by atoms with Gasteiger partial charge in [0.25, 0.3) is 0 Å². The topological polar surface area (TPSA) is 62.3 Å². The van der Waals surface area contributed by atoms with Crippen LogP contribution in [0.4, 0.5) is 0 Å². The lowest BCUT2D eigenvalue weighted by atomic mass is 9.79. The smallest absolute Gasteiger partial charge is 0.232 e. The van der Waals surface area contributed by atoms with Gasteiger partial charge in [0, 0.05) is 57.6 Å². The third-order valence-corrected chi connectivity index (χ3v) is 7.32. The molecule has 0 saturated carbocycles. The second kappa shape index (κ2) is 8.01. The maximum absolute atomic E-state index is 13.7. The summed E-state index contributed by atoms with van der Waals surface area (Å²) in [6.07, 6.45) is 2.17. The van der Waals surface area contributed by atoms with Crippen molar-refractivity contribution in [1.29, 1.82) is 0 Å². The fourth-order valence-corrected chi connectivity index (χ4v) is 5.80. The summed E-state index contributed by atoms with van der Waals surface area (Å²) in [5, 5.41) is 0. The summed E-state index contributed by atoms with van der Waals surface area (Å²) in [6.45, 7) is 10.3. The molecule has 4 heterocycles. The van der Waals surface area contributed by atoms with Crippen LogP contribution in [0.25, 0.3) is 0 Å². The van der Waals surface area contributed by atoms with Gasteiger partial charge >= 0.3 is 0 Å². The molecular weight excluding hydrogens is 394 g/mol. The van der Waals surface area contributed by atoms with Crippen molar-refractivity contribution in [3.63, 3.8) is 0 Å². The molecule has 0 N–H and O–H groups in total. The molecule has 0 bridgehead atoms. The molecule has 2 atom stereocenters. The number of likely N-dealkylation sites (tertiary alicyclic amines) is 3. The van der Waals surface area contributed by atoms with Crippen LogP contribution < -0.4 is 9.47 Å². The van der Waals surface area contributed by atoms with Crippen LogP contribution in [-0.2, 0) is 16.1 Å². The first-order valence-corrected chi connectivity index (χ1v) is 11.7. The van der Waals surface area contributed by atoms with E-state index in [1.165, 1.54) is 5.56 Å². The molecule has 168 valence electrons. The van der Waals surface area contributed by atoms with Crippen molar-refractivity contribution in [2.75, 3.05) is 52.5 Å². The predicted octanol–water partition coefficient (Wildman–Crippen LogP) is 2.00. The minimum absolute atomic E-state index is 0.0356. The Bertz CT molecular complexity index is 866. The van der Waals surface area contributed by atoms with Crippen molar-refractivity contribution in [1.82, 2.24) is 14.7 Å². The lowest BCUT2D eigenvalue weighted by Crippen LogP contribution is -2.49. The van der Waals surface area contributed by atoms with E-state index in [2.05, 4.69) is 17.0 Å². The van der Waals surface area contributed by atoms with E-state index >= 15 is 0 Å². The molecule has 3 fully saturated rings. The lowest BCUT2D eigenvalue weighted by Gasteiger charge is -2.32. The van der Waals surface area contributed by atoms with Crippen molar-refractivity contribution in [2.45, 2.75) is 33.2 Å². The average molecular weight is 428 g/mol. The summed E-state index contributed by atoms with van der Waals surface area (Å²) in [6, 6.07) is 6.13. The van der Waals surface area contributed by atoms with Gasteiger partial charge in [0.2, 0.25) is 11.8 Å². The Morgan fingerprint density at radius 1 is 1.03 bits per heavy atom. The van der Waals surface area contributed by atoms with E-state index in [4.69, 9.17) is 9.47 Å². The Labute approximate surface area is 184 Å². The zero-order valence-corrected chi connectivity index (χ0v) is 18.6. The summed E-state index contributed by atoms with van der Waals surface area (Å²) in [7, 11) is 0. The maximum Gasteiger partial charge on any atom is 0.232 e. The van der Waals surface area contributed by atoms with Gasteiger partial charge in [-0.25, -0.2) is 0 Å². The van der Waals surface area contributed by atoms with Crippen molar-refractivity contribution >= 4 is 11.8 Å². The number of nitrogens with zero attached hydrogens (tertiary/aromatic N) is 3. The van der Waals surface area contributed by atoms with E-state index < -0.39 is 5.41 Å². The fraction of sp³-hybridized carbons (Fsp3) is 0.667. The minimum Gasteiger partial charge on any atom is -0.486 e. The standard InChI is InChI=1S/C24H33N3O4/c1-17(2)22(28)27-14-19-13-25(12-18-5-6-20-21(11-18)31-10-9-30-20)15-24(19,16-27)23(29)26-7-3-4-8-26/h5-6,11,17,19H,3-4,7-10,12-16H2,1-2H3/t19-,24-/m1/s1. The molecule has 4 aliphatic heterocycles. The third-order valence-electron chi connectivity index (χ3n) is 7.32. The highest BCUT2D eigenvalue weighted by atomic mass is 16.6. The Morgan fingerprint density at radius 2 is 1.77 bits per heavy atom. The Hall–Kier alpha value is -2.28. The van der Waals surface area contributed by atoms with Crippen LogP contribution in [0, 0.1) is 17.3 Å². The first-order chi connectivity index (χ1) is 15.0. The van der Waals surface area contributed by atoms with E-state index in [1.807, 2.05) is 29.7 Å². The second-order valence-corrected chi connectivity index (χ2v) is 9.87. The summed E-state index contributed by atoms with van der Waals surface area (Å²) in [5.41, 5.74) is 0.700. The van der Waals surface area contributed by atoms with Crippen LogP contribution in [0.3, 0.4) is 0 Å². The molecule has 7 nitrogen and oxygen atoms in total. The molecule has 0 spiro atoms. The molecule has 1 aromatic rings. The summed E-state index contributed by atoms with van der Waals surface area (Å²) < 4.78 is 11.4. The van der Waals surface area contributed by atoms with Gasteiger partial charge in [-0.05, 0) is 30.5 Å². The van der Waals surface area contributed by atoms with Gasteiger partial charge in [-0.2, -0.15) is 0 Å². The predicted molar refractivity (Wildman–Crippen MR) is 116 cm³/mol. The van der Waals surface area contributed by atoms with E-state index in [9.17, 15) is 9.59 Å². The first-order valence-electron chi connectivity index (χ1n) is 11.7. The van der Waals surface area contributed by atoms with Gasteiger partial charge in [0.1, 0.15) is 13.2 Å². The lowest BCUT2D eigenvalue weighted by molar-refractivity contribution is -0.142. The fourth-order valence-electron chi connectivity index (χ4n) is 5.80. The zero-order chi connectivity index (χ0) is 21.6. The highest BCUT2D eigenvalue weighted by Crippen LogP contribution is 2.45. The maximum atomic E-state index is 13.7. The first kappa shape index (κ1) is 20.6. The number of carbonyl (C=O) groups is 2. The van der Waals surface area contributed by atoms with E-state index in [-0.39, 0.29) is 23.7 Å². The monoisotopic (exact) mass is 427 g/mol. The molecule has 0 unspecified atom stereocenters. The Morgan fingerprint density at radius 3 is 2.52 bits per heavy atom. The number of ether oxygens (including phenoxy) is 2. The van der Waals surface area contributed by atoms with Crippen molar-refractivity contribution in [2.24, 2.45) is 17.3 Å². The SMILES string of the molecule is CC(C)C(=O)N1C[C@H]2CN(Cc3ccc4c(c3)OCCO4)C[C@@]2(C(=O)N2CCCC2)C1. The van der Waals surface area contributed by atoms with Gasteiger partial charge < -0.3 is 19.3 Å². The summed E-state index contributed by atoms with van der Waals surface area (Å²) in [4.78, 5) is 32.8. The largest absolute Gasteiger partial charge is 0.486 e. The number of hydrogen-bond acceptors (Lipinski definition) is 5. The van der Waals surface area contributed by atoms with Gasteiger partial charge in [-0.3, -0.25) is 14.5 Å². The van der Waals surface area contributed by atoms with Gasteiger partial charge in [-0.15, -0.1) is 0 Å². The number of rotatable bonds is 4. The van der Waals surface area contributed by atoms with Crippen molar-refractivity contribution in [3.8, 4) is 11.5 Å². The molecule has 0 aromatic heterocycles. The average Bonchev–Trinajstić information content (AvgIpc) is 3.48. The quantitative estimate of drug-likeness (QED) is 0.736. The molecule has 7 heteroatoms. The van der Waals surface area contributed by atoms with Crippen LogP contribution >= 0.6 is 0 Å². The summed E-state index contributed by atoms with van der Waals surface area (Å²) in [5.74, 6) is 2.20. The zero-order valence-electron chi connectivity index (χ0n) is 18.6. The van der Waals surface area contributed by atoms with Gasteiger partial charge in [0.15, 0.2) is 11.5 Å². The van der Waals surface area contributed by atoms with Crippen molar-refractivity contribution in [3.05, 3.63) is 23.8 Å². The Balaban J connectivity index is 1.35. The molecule has 0 radical (unpaired) electrons. The number of carbonyl (C=O) groups excluding carboxylic acids is 2. The Kier molecular flexibility index (Phi) is 5.32. The second-order valence-electron chi connectivity index (χ2n) is 9.87.